The largest absolute Gasteiger partial charge is 0.309 e. The van der Waals surface area contributed by atoms with Crippen molar-refractivity contribution < 1.29 is 0 Å². The van der Waals surface area contributed by atoms with Crippen LogP contribution in [0.3, 0.4) is 0 Å². The number of terminal acetylenes is 2. The Balaban J connectivity index is 0.000000166. The summed E-state index contributed by atoms with van der Waals surface area (Å²) in [5.41, 5.74) is 19.5. The fraction of sp³-hybridized carbons (Fsp3) is 0.233. The lowest BCUT2D eigenvalue weighted by molar-refractivity contribution is 0.567. The molecule has 0 aliphatic carbocycles. The molecule has 13 aromatic carbocycles. The number of hydrogen-bond acceptors (Lipinski definition) is 6. The summed E-state index contributed by atoms with van der Waals surface area (Å²) in [5.74, 6) is 6.13. The molecule has 9 heteroatoms. The number of hydrogen-bond donors (Lipinski definition) is 0. The van der Waals surface area contributed by atoms with E-state index in [-0.39, 0.29) is 37.9 Å². The molecule has 0 amide bonds. The maximum Gasteiger partial charge on any atom is 0.179 e. The van der Waals surface area contributed by atoms with Crippen molar-refractivity contribution in [1.82, 2.24) is 14.1 Å². The highest BCUT2D eigenvalue weighted by atomic mass is 28.3. The average Bonchev–Trinajstić information content (AvgIpc) is 1.65. The quantitative estimate of drug-likeness (QED) is 0.0922. The highest BCUT2D eigenvalue weighted by molar-refractivity contribution is 7.19. The third-order valence-electron chi connectivity index (χ3n) is 22.8. The molecule has 3 heterocycles. The normalized spacial score (nSPS) is 11.4. The zero-order valence-corrected chi connectivity index (χ0v) is 80.0. The average molecular weight is 1700 g/mol. The SMILES string of the molecule is C#Cc1cc(C#N)cc(C(C)(C)C)c1.C#Cc1cccc(C#N)c1C(C)(C)C.CC(C)(C)c1cc(-n2c3ccccc3c3ccccc32)cc(-n2c3ccccc3c3ccccc32)n1.CC(C)(C)c1ccc(C#N)cc1.CC(C)(C)c1ccc([Si](c2ccccc2)(c2ccccc2)c2ccccc2)cc1.CC(C)(C)c1cccc(C#N)c1.CC(C)(C)c1ccccc1C#N. The molecule has 0 fully saturated rings. The van der Waals surface area contributed by atoms with E-state index in [1.165, 1.54) is 81.0 Å². The zero-order valence-electron chi connectivity index (χ0n) is 79.0. The Morgan fingerprint density at radius 3 is 1.01 bits per heavy atom. The van der Waals surface area contributed by atoms with E-state index < -0.39 is 8.07 Å². The Bertz CT molecular complexity index is 6480. The maximum atomic E-state index is 8.98. The number of aromatic nitrogens is 3. The van der Waals surface area contributed by atoms with Gasteiger partial charge in [-0.15, -0.1) is 12.8 Å². The summed E-state index contributed by atoms with van der Waals surface area (Å²) in [5, 5.41) is 54.6. The van der Waals surface area contributed by atoms with E-state index in [0.717, 1.165) is 61.7 Å². The molecule has 0 saturated carbocycles. The van der Waals surface area contributed by atoms with Gasteiger partial charge in [-0.1, -0.05) is 394 Å². The van der Waals surface area contributed by atoms with Crippen LogP contribution in [0.25, 0.3) is 55.1 Å². The number of rotatable bonds is 6. The van der Waals surface area contributed by atoms with Crippen molar-refractivity contribution in [3.05, 3.63) is 412 Å². The molecule has 0 aliphatic heterocycles. The Hall–Kier alpha value is -14.6. The summed E-state index contributed by atoms with van der Waals surface area (Å²) in [6.07, 6.45) is 10.7. The van der Waals surface area contributed by atoms with Crippen molar-refractivity contribution in [2.45, 2.75) is 183 Å². The van der Waals surface area contributed by atoms with Crippen LogP contribution in [0, 0.1) is 81.3 Å². The molecule has 16 aromatic rings. The molecular weight excluding hydrogens is 1580 g/mol. The van der Waals surface area contributed by atoms with Gasteiger partial charge in [-0.2, -0.15) is 26.3 Å². The van der Waals surface area contributed by atoms with Gasteiger partial charge in [0.25, 0.3) is 0 Å². The first-order chi connectivity index (χ1) is 61.1. The monoisotopic (exact) mass is 1700 g/mol. The molecule has 0 saturated heterocycles. The van der Waals surface area contributed by atoms with E-state index in [4.69, 9.17) is 44.1 Å². The van der Waals surface area contributed by atoms with Gasteiger partial charge < -0.3 is 4.57 Å². The second-order valence-corrected chi connectivity index (χ2v) is 43.4. The number of nitriles is 5. The summed E-state index contributed by atoms with van der Waals surface area (Å²) in [4.78, 5) is 5.27. The third-order valence-corrected chi connectivity index (χ3v) is 27.6. The third kappa shape index (κ3) is 23.6. The minimum atomic E-state index is -2.38. The standard InChI is InChI=1S/C33H27N3.C28H28Si.2C13H13N.3C11H13N/c1-33(2,3)31-20-22(35-27-16-8-4-12-23(27)24-13-5-9-17-28(24)35)21-32(34-31)36-29-18-10-6-14-25(29)26-15-7-11-19-30(26)36;1-28(2,3)23-19-21-27(22-20-23)29(24-13-7-4-8-14-24,25-15-9-5-10-16-25)26-17-11-6-12-18-26;1-5-10-6-11(9-14)8-12(7-10)13(2,3)4;1-5-10-7-6-8-11(9-14)12(10)13(2,3)4;1-11(2,3)10-6-4-9(8-12)5-7-10;1-11(2,3)10-6-4-5-9(7-10)8-12;1-11(2,3)10-7-5-4-6-9(10)8-12/h4-21H,1-3H3;4-22H,1-3H3;2*1,6-8H,2-4H3;3*4-7H,1-3H3. The molecule has 0 N–H and O–H groups in total. The van der Waals surface area contributed by atoms with E-state index in [0.29, 0.717) is 11.1 Å². The zero-order chi connectivity index (χ0) is 93.9. The first kappa shape index (κ1) is 96.6. The van der Waals surface area contributed by atoms with Gasteiger partial charge in [0.2, 0.25) is 0 Å². The topological polar surface area (TPSA) is 142 Å². The van der Waals surface area contributed by atoms with E-state index in [1.54, 1.807) is 12.1 Å². The molecule has 16 rings (SSSR count). The van der Waals surface area contributed by atoms with Crippen molar-refractivity contribution >= 4 is 72.4 Å². The number of para-hydroxylation sites is 4. The van der Waals surface area contributed by atoms with Crippen LogP contribution in [-0.2, 0) is 37.9 Å². The fourth-order valence-electron chi connectivity index (χ4n) is 15.9. The minimum Gasteiger partial charge on any atom is -0.309 e. The van der Waals surface area contributed by atoms with Crippen LogP contribution in [0.4, 0.5) is 0 Å². The van der Waals surface area contributed by atoms with Gasteiger partial charge in [-0.05, 0) is 178 Å². The molecule has 0 bridgehead atoms. The van der Waals surface area contributed by atoms with Crippen LogP contribution < -0.4 is 20.7 Å². The van der Waals surface area contributed by atoms with Gasteiger partial charge in [0.1, 0.15) is 5.82 Å². The van der Waals surface area contributed by atoms with Crippen molar-refractivity contribution in [3.63, 3.8) is 0 Å². The second kappa shape index (κ2) is 41.2. The molecule has 3 aromatic heterocycles. The molecule has 0 atom stereocenters. The first-order valence-corrected chi connectivity index (χ1v) is 45.9. The van der Waals surface area contributed by atoms with E-state index >= 15 is 0 Å². The predicted molar refractivity (Wildman–Crippen MR) is 546 cm³/mol. The van der Waals surface area contributed by atoms with Gasteiger partial charge in [0.15, 0.2) is 8.07 Å². The van der Waals surface area contributed by atoms with Crippen LogP contribution in [0.15, 0.2) is 334 Å². The number of pyridine rings is 1. The Labute approximate surface area is 769 Å². The summed E-state index contributed by atoms with van der Waals surface area (Å²) in [7, 11) is -2.38. The lowest BCUT2D eigenvalue weighted by atomic mass is 9.81. The molecule has 0 spiro atoms. The van der Waals surface area contributed by atoms with Crippen molar-refractivity contribution in [2.24, 2.45) is 0 Å². The van der Waals surface area contributed by atoms with Crippen LogP contribution in [0.2, 0.25) is 0 Å². The summed E-state index contributed by atoms with van der Waals surface area (Å²) < 4.78 is 4.70. The first-order valence-electron chi connectivity index (χ1n) is 43.9. The van der Waals surface area contributed by atoms with E-state index in [1.807, 2.05) is 91.0 Å². The van der Waals surface area contributed by atoms with Crippen LogP contribution in [0.1, 0.15) is 223 Å². The highest BCUT2D eigenvalue weighted by Crippen LogP contribution is 2.38. The predicted octanol–water partition coefficient (Wildman–Crippen LogP) is 27.2. The Kier molecular flexibility index (Phi) is 30.9. The molecular formula is C120H120N8Si. The highest BCUT2D eigenvalue weighted by Gasteiger charge is 2.41. The van der Waals surface area contributed by atoms with Crippen LogP contribution >= 0.6 is 0 Å². The van der Waals surface area contributed by atoms with Crippen molar-refractivity contribution in [3.8, 4) is 66.5 Å². The van der Waals surface area contributed by atoms with Crippen molar-refractivity contribution in [1.29, 1.82) is 26.3 Å². The van der Waals surface area contributed by atoms with Gasteiger partial charge in [-0.25, -0.2) is 4.98 Å². The molecule has 129 heavy (non-hydrogen) atoms. The Morgan fingerprint density at radius 1 is 0.256 bits per heavy atom. The molecule has 8 nitrogen and oxygen atoms in total. The lowest BCUT2D eigenvalue weighted by Crippen LogP contribution is -2.74. The molecule has 0 aliphatic rings. The molecule has 0 radical (unpaired) electrons. The van der Waals surface area contributed by atoms with Crippen LogP contribution in [0.5, 0.6) is 0 Å². The number of nitrogens with zero attached hydrogens (tertiary/aromatic N) is 8. The van der Waals surface area contributed by atoms with Crippen molar-refractivity contribution in [2.75, 3.05) is 0 Å². The van der Waals surface area contributed by atoms with Gasteiger partial charge >= 0.3 is 0 Å². The molecule has 0 unspecified atom stereocenters. The number of fused-ring (bicyclic) bond motifs is 6. The minimum absolute atomic E-state index is 0.0263. The smallest absolute Gasteiger partial charge is 0.179 e. The lowest BCUT2D eigenvalue weighted by Gasteiger charge is -2.34. The Morgan fingerprint density at radius 2 is 0.620 bits per heavy atom. The molecule has 644 valence electrons. The second-order valence-electron chi connectivity index (χ2n) is 39.6. The van der Waals surface area contributed by atoms with Gasteiger partial charge in [0, 0.05) is 44.2 Å². The van der Waals surface area contributed by atoms with Gasteiger partial charge in [0.05, 0.1) is 91.6 Å². The van der Waals surface area contributed by atoms with E-state index in [9.17, 15) is 0 Å². The fourth-order valence-corrected chi connectivity index (χ4v) is 20.6. The number of benzene rings is 13. The summed E-state index contributed by atoms with van der Waals surface area (Å²) in [6, 6.07) is 127. The summed E-state index contributed by atoms with van der Waals surface area (Å²) in [6.45, 7) is 45.3. The van der Waals surface area contributed by atoms with Gasteiger partial charge in [-0.3, -0.25) is 4.57 Å². The van der Waals surface area contributed by atoms with E-state index in [2.05, 4.69) is 427 Å². The van der Waals surface area contributed by atoms with Crippen LogP contribution in [-0.4, -0.2) is 22.2 Å². The summed E-state index contributed by atoms with van der Waals surface area (Å²) >= 11 is 0. The maximum absolute atomic E-state index is 8.98.